The topological polar surface area (TPSA) is 76.2 Å². The number of carboxylic acids is 1. The second-order valence-corrected chi connectivity index (χ2v) is 5.50. The van der Waals surface area contributed by atoms with Gasteiger partial charge in [0.1, 0.15) is 0 Å². The summed E-state index contributed by atoms with van der Waals surface area (Å²) in [6.07, 6.45) is 0. The molecule has 0 saturated heterocycles. The van der Waals surface area contributed by atoms with Crippen molar-refractivity contribution in [3.63, 3.8) is 0 Å². The fourth-order valence-electron chi connectivity index (χ4n) is 1.67. The van der Waals surface area contributed by atoms with Gasteiger partial charge >= 0.3 is 5.97 Å². The Bertz CT molecular complexity index is 624. The zero-order chi connectivity index (χ0) is 14.2. The second-order valence-electron chi connectivity index (χ2n) is 5.50. The van der Waals surface area contributed by atoms with Gasteiger partial charge < -0.3 is 9.52 Å². The van der Waals surface area contributed by atoms with E-state index in [1.165, 1.54) is 6.07 Å². The highest BCUT2D eigenvalue weighted by Gasteiger charge is 2.22. The lowest BCUT2D eigenvalue weighted by Crippen LogP contribution is -2.11. The van der Waals surface area contributed by atoms with Crippen LogP contribution in [0.3, 0.4) is 0 Å². The fraction of sp³-hybridized carbons (Fsp3) is 0.357. The summed E-state index contributed by atoms with van der Waals surface area (Å²) in [5.74, 6) is 0.0270. The summed E-state index contributed by atoms with van der Waals surface area (Å²) in [5.41, 5.74) is 1.59. The summed E-state index contributed by atoms with van der Waals surface area (Å²) >= 11 is 0. The Morgan fingerprint density at radius 2 is 1.95 bits per heavy atom. The molecular formula is C14H16N2O3. The largest absolute Gasteiger partial charge is 0.478 e. The van der Waals surface area contributed by atoms with Gasteiger partial charge in [-0.1, -0.05) is 20.8 Å². The van der Waals surface area contributed by atoms with E-state index in [0.717, 1.165) is 11.1 Å². The van der Waals surface area contributed by atoms with E-state index in [2.05, 4.69) is 10.2 Å². The van der Waals surface area contributed by atoms with Crippen LogP contribution in [0.4, 0.5) is 0 Å². The molecular weight excluding hydrogens is 244 g/mol. The van der Waals surface area contributed by atoms with E-state index in [9.17, 15) is 4.79 Å². The van der Waals surface area contributed by atoms with Crippen LogP contribution in [0, 0.1) is 6.92 Å². The Morgan fingerprint density at radius 1 is 1.26 bits per heavy atom. The average Bonchev–Trinajstić information content (AvgIpc) is 2.77. The lowest BCUT2D eigenvalue weighted by molar-refractivity contribution is 0.0697. The van der Waals surface area contributed by atoms with Gasteiger partial charge in [0, 0.05) is 11.0 Å². The molecule has 2 aromatic rings. The number of benzene rings is 1. The number of rotatable bonds is 2. The van der Waals surface area contributed by atoms with Gasteiger partial charge in [0.25, 0.3) is 0 Å². The third kappa shape index (κ3) is 2.65. The van der Waals surface area contributed by atoms with Crippen LogP contribution >= 0.6 is 0 Å². The van der Waals surface area contributed by atoms with Crippen LogP contribution in [0.5, 0.6) is 0 Å². The van der Waals surface area contributed by atoms with Crippen LogP contribution in [0.1, 0.15) is 42.6 Å². The van der Waals surface area contributed by atoms with Crippen molar-refractivity contribution in [2.75, 3.05) is 0 Å². The van der Waals surface area contributed by atoms with Crippen molar-refractivity contribution >= 4 is 5.97 Å². The molecule has 100 valence electrons. The molecule has 0 amide bonds. The predicted octanol–water partition coefficient (Wildman–Crippen LogP) is 3.04. The molecule has 0 aliphatic rings. The third-order valence-corrected chi connectivity index (χ3v) is 2.77. The lowest BCUT2D eigenvalue weighted by atomic mass is 9.97. The number of nitrogens with zero attached hydrogens (tertiary/aromatic N) is 2. The van der Waals surface area contributed by atoms with Crippen molar-refractivity contribution < 1.29 is 14.3 Å². The molecule has 2 rings (SSSR count). The van der Waals surface area contributed by atoms with Crippen LogP contribution in [-0.2, 0) is 5.41 Å². The summed E-state index contributed by atoms with van der Waals surface area (Å²) in [4.78, 5) is 10.9. The summed E-state index contributed by atoms with van der Waals surface area (Å²) in [7, 11) is 0. The number of carbonyl (C=O) groups is 1. The first kappa shape index (κ1) is 13.3. The number of hydrogen-bond acceptors (Lipinski definition) is 4. The molecule has 0 aliphatic heterocycles. The van der Waals surface area contributed by atoms with E-state index >= 15 is 0 Å². The van der Waals surface area contributed by atoms with E-state index in [0.29, 0.717) is 11.8 Å². The van der Waals surface area contributed by atoms with Gasteiger partial charge in [0.2, 0.25) is 11.8 Å². The van der Waals surface area contributed by atoms with Crippen molar-refractivity contribution in [1.29, 1.82) is 0 Å². The third-order valence-electron chi connectivity index (χ3n) is 2.77. The lowest BCUT2D eigenvalue weighted by Gasteiger charge is -2.11. The zero-order valence-electron chi connectivity index (χ0n) is 11.4. The molecule has 0 spiro atoms. The van der Waals surface area contributed by atoms with Crippen molar-refractivity contribution in [3.8, 4) is 11.5 Å². The molecule has 19 heavy (non-hydrogen) atoms. The van der Waals surface area contributed by atoms with Crippen molar-refractivity contribution in [2.24, 2.45) is 0 Å². The van der Waals surface area contributed by atoms with Crippen molar-refractivity contribution in [1.82, 2.24) is 10.2 Å². The normalized spacial score (nSPS) is 11.6. The zero-order valence-corrected chi connectivity index (χ0v) is 11.4. The maximum atomic E-state index is 10.9. The van der Waals surface area contributed by atoms with Gasteiger partial charge in [0.15, 0.2) is 0 Å². The van der Waals surface area contributed by atoms with Gasteiger partial charge in [-0.25, -0.2) is 4.79 Å². The molecule has 5 nitrogen and oxygen atoms in total. The first-order valence-corrected chi connectivity index (χ1v) is 5.97. The molecule has 0 unspecified atom stereocenters. The van der Waals surface area contributed by atoms with Crippen LogP contribution in [0.25, 0.3) is 11.5 Å². The van der Waals surface area contributed by atoms with Crippen LogP contribution < -0.4 is 0 Å². The van der Waals surface area contributed by atoms with E-state index in [-0.39, 0.29) is 11.0 Å². The fourth-order valence-corrected chi connectivity index (χ4v) is 1.67. The minimum Gasteiger partial charge on any atom is -0.478 e. The molecule has 1 heterocycles. The Balaban J connectivity index is 2.43. The van der Waals surface area contributed by atoms with E-state index in [1.54, 1.807) is 12.1 Å². The van der Waals surface area contributed by atoms with Crippen molar-refractivity contribution in [2.45, 2.75) is 33.1 Å². The van der Waals surface area contributed by atoms with Gasteiger partial charge in [-0.2, -0.15) is 0 Å². The molecule has 5 heteroatoms. The Morgan fingerprint density at radius 3 is 2.42 bits per heavy atom. The Hall–Kier alpha value is -2.17. The molecule has 1 aromatic carbocycles. The smallest absolute Gasteiger partial charge is 0.335 e. The Labute approximate surface area is 111 Å². The summed E-state index contributed by atoms with van der Waals surface area (Å²) in [6.45, 7) is 7.79. The first-order chi connectivity index (χ1) is 8.79. The molecule has 0 aliphatic carbocycles. The average molecular weight is 260 g/mol. The number of carboxylic acid groups (broad SMARTS) is 1. The first-order valence-electron chi connectivity index (χ1n) is 5.97. The SMILES string of the molecule is Cc1cc(C(=O)O)ccc1-c1nnc(C(C)(C)C)o1. The molecule has 1 aromatic heterocycles. The molecule has 0 atom stereocenters. The monoisotopic (exact) mass is 260 g/mol. The molecule has 0 bridgehead atoms. The highest BCUT2D eigenvalue weighted by molar-refractivity contribution is 5.88. The maximum Gasteiger partial charge on any atom is 0.335 e. The number of aryl methyl sites for hydroxylation is 1. The number of aromatic carboxylic acids is 1. The quantitative estimate of drug-likeness (QED) is 0.898. The summed E-state index contributed by atoms with van der Waals surface area (Å²) < 4.78 is 5.65. The summed E-state index contributed by atoms with van der Waals surface area (Å²) in [5, 5.41) is 17.0. The number of hydrogen-bond donors (Lipinski definition) is 1. The second kappa shape index (κ2) is 4.50. The van der Waals surface area contributed by atoms with Gasteiger partial charge in [-0.3, -0.25) is 0 Å². The van der Waals surface area contributed by atoms with E-state index in [1.807, 2.05) is 27.7 Å². The minimum atomic E-state index is -0.949. The standard InChI is InChI=1S/C14H16N2O3/c1-8-7-9(12(17)18)5-6-10(8)11-15-16-13(19-11)14(2,3)4/h5-7H,1-4H3,(H,17,18). The predicted molar refractivity (Wildman–Crippen MR) is 70.1 cm³/mol. The van der Waals surface area contributed by atoms with Crippen molar-refractivity contribution in [3.05, 3.63) is 35.2 Å². The van der Waals surface area contributed by atoms with E-state index in [4.69, 9.17) is 9.52 Å². The Kier molecular flexibility index (Phi) is 3.14. The summed E-state index contributed by atoms with van der Waals surface area (Å²) in [6, 6.07) is 4.82. The van der Waals surface area contributed by atoms with Gasteiger partial charge in [0.05, 0.1) is 5.56 Å². The molecule has 0 radical (unpaired) electrons. The van der Waals surface area contributed by atoms with Gasteiger partial charge in [-0.15, -0.1) is 10.2 Å². The van der Waals surface area contributed by atoms with Crippen LogP contribution in [-0.4, -0.2) is 21.3 Å². The number of aromatic nitrogens is 2. The van der Waals surface area contributed by atoms with E-state index < -0.39 is 5.97 Å². The molecule has 0 fully saturated rings. The highest BCUT2D eigenvalue weighted by Crippen LogP contribution is 2.27. The molecule has 0 saturated carbocycles. The molecule has 1 N–H and O–H groups in total. The van der Waals surface area contributed by atoms with Crippen LogP contribution in [0.15, 0.2) is 22.6 Å². The van der Waals surface area contributed by atoms with Crippen LogP contribution in [0.2, 0.25) is 0 Å². The highest BCUT2D eigenvalue weighted by atomic mass is 16.4. The maximum absolute atomic E-state index is 10.9. The minimum absolute atomic E-state index is 0.208. The van der Waals surface area contributed by atoms with Gasteiger partial charge in [-0.05, 0) is 30.7 Å².